The molecular formula is C17H18F3N7. The number of halogens is 3. The SMILES string of the molecule is Cc1cc2c(N3CCC(Nc4cc(C(F)(F)F)ncn4)CC3)nccn2n1. The molecule has 0 atom stereocenters. The van der Waals surface area contributed by atoms with Crippen LogP contribution in [-0.4, -0.2) is 43.7 Å². The molecule has 0 aromatic carbocycles. The summed E-state index contributed by atoms with van der Waals surface area (Å²) in [6.45, 7) is 3.42. The van der Waals surface area contributed by atoms with E-state index in [9.17, 15) is 13.2 Å². The molecule has 0 spiro atoms. The maximum Gasteiger partial charge on any atom is 0.433 e. The van der Waals surface area contributed by atoms with Crippen LogP contribution in [0.5, 0.6) is 0 Å². The maximum atomic E-state index is 12.8. The standard InChI is InChI=1S/C17H18F3N7/c1-11-8-13-16(21-4-7-27(13)25-11)26-5-2-12(3-6-26)24-15-9-14(17(18,19)20)22-10-23-15/h4,7-10,12H,2-3,5-6H2,1H3,(H,22,23,24). The fourth-order valence-corrected chi connectivity index (χ4v) is 3.31. The molecule has 4 heterocycles. The zero-order chi connectivity index (χ0) is 19.0. The zero-order valence-electron chi connectivity index (χ0n) is 14.6. The lowest BCUT2D eigenvalue weighted by molar-refractivity contribution is -0.141. The quantitative estimate of drug-likeness (QED) is 0.757. The number of hydrogen-bond acceptors (Lipinski definition) is 6. The molecule has 1 aliphatic rings. The van der Waals surface area contributed by atoms with E-state index in [1.54, 1.807) is 6.20 Å². The molecule has 1 N–H and O–H groups in total. The summed E-state index contributed by atoms with van der Waals surface area (Å²) in [5.41, 5.74) is 0.932. The van der Waals surface area contributed by atoms with Crippen molar-refractivity contribution in [2.24, 2.45) is 0 Å². The minimum absolute atomic E-state index is 0.0450. The number of fused-ring (bicyclic) bond motifs is 1. The van der Waals surface area contributed by atoms with Crippen molar-refractivity contribution in [3.05, 3.63) is 42.2 Å². The number of nitrogens with zero attached hydrogens (tertiary/aromatic N) is 6. The lowest BCUT2D eigenvalue weighted by atomic mass is 10.0. The number of anilines is 2. The van der Waals surface area contributed by atoms with Crippen molar-refractivity contribution in [1.29, 1.82) is 0 Å². The lowest BCUT2D eigenvalue weighted by Gasteiger charge is -2.33. The van der Waals surface area contributed by atoms with Gasteiger partial charge in [-0.2, -0.15) is 18.3 Å². The van der Waals surface area contributed by atoms with Gasteiger partial charge in [-0.1, -0.05) is 0 Å². The number of aryl methyl sites for hydroxylation is 1. The molecule has 27 heavy (non-hydrogen) atoms. The first-order valence-electron chi connectivity index (χ1n) is 8.62. The van der Waals surface area contributed by atoms with E-state index in [1.807, 2.05) is 23.7 Å². The molecule has 10 heteroatoms. The van der Waals surface area contributed by atoms with Crippen LogP contribution in [0.4, 0.5) is 24.8 Å². The van der Waals surface area contributed by atoms with Gasteiger partial charge in [-0.3, -0.25) is 0 Å². The molecule has 1 saturated heterocycles. The monoisotopic (exact) mass is 377 g/mol. The lowest BCUT2D eigenvalue weighted by Crippen LogP contribution is -2.39. The van der Waals surface area contributed by atoms with Crippen LogP contribution in [0.15, 0.2) is 30.9 Å². The van der Waals surface area contributed by atoms with Gasteiger partial charge in [-0.15, -0.1) is 0 Å². The van der Waals surface area contributed by atoms with Crippen molar-refractivity contribution in [2.45, 2.75) is 32.0 Å². The summed E-state index contributed by atoms with van der Waals surface area (Å²) in [4.78, 5) is 13.9. The van der Waals surface area contributed by atoms with Gasteiger partial charge in [0.15, 0.2) is 5.82 Å². The molecule has 0 aliphatic carbocycles. The van der Waals surface area contributed by atoms with E-state index in [2.05, 4.69) is 30.3 Å². The highest BCUT2D eigenvalue weighted by Gasteiger charge is 2.33. The van der Waals surface area contributed by atoms with E-state index in [4.69, 9.17) is 0 Å². The van der Waals surface area contributed by atoms with Gasteiger partial charge in [0.1, 0.15) is 23.4 Å². The minimum Gasteiger partial charge on any atom is -0.367 e. The first-order valence-corrected chi connectivity index (χ1v) is 8.62. The van der Waals surface area contributed by atoms with Crippen LogP contribution in [-0.2, 0) is 6.18 Å². The van der Waals surface area contributed by atoms with Gasteiger partial charge in [0.25, 0.3) is 0 Å². The molecular weight excluding hydrogens is 359 g/mol. The third-order valence-corrected chi connectivity index (χ3v) is 4.60. The van der Waals surface area contributed by atoms with E-state index in [0.717, 1.165) is 55.4 Å². The summed E-state index contributed by atoms with van der Waals surface area (Å²) in [5.74, 6) is 1.07. The molecule has 0 bridgehead atoms. The third kappa shape index (κ3) is 3.64. The maximum absolute atomic E-state index is 12.8. The van der Waals surface area contributed by atoms with Crippen molar-refractivity contribution in [3.63, 3.8) is 0 Å². The number of alkyl halides is 3. The van der Waals surface area contributed by atoms with Crippen molar-refractivity contribution in [3.8, 4) is 0 Å². The molecule has 0 saturated carbocycles. The average Bonchev–Trinajstić information content (AvgIpc) is 3.02. The molecule has 7 nitrogen and oxygen atoms in total. The predicted molar refractivity (Wildman–Crippen MR) is 93.6 cm³/mol. The highest BCUT2D eigenvalue weighted by molar-refractivity contribution is 5.69. The van der Waals surface area contributed by atoms with E-state index < -0.39 is 11.9 Å². The van der Waals surface area contributed by atoms with Crippen LogP contribution in [0.1, 0.15) is 24.2 Å². The Bertz CT molecular complexity index is 945. The van der Waals surface area contributed by atoms with Crippen molar-refractivity contribution in [2.75, 3.05) is 23.3 Å². The van der Waals surface area contributed by atoms with Gasteiger partial charge in [-0.05, 0) is 25.8 Å². The second-order valence-corrected chi connectivity index (χ2v) is 6.56. The number of nitrogens with one attached hydrogen (secondary N) is 1. The molecule has 0 unspecified atom stereocenters. The average molecular weight is 377 g/mol. The Morgan fingerprint density at radius 2 is 1.89 bits per heavy atom. The Hall–Kier alpha value is -2.91. The Morgan fingerprint density at radius 3 is 2.63 bits per heavy atom. The first kappa shape index (κ1) is 17.5. The predicted octanol–water partition coefficient (Wildman–Crippen LogP) is 2.93. The molecule has 3 aromatic heterocycles. The molecule has 1 aliphatic heterocycles. The Kier molecular flexibility index (Phi) is 4.33. The molecule has 0 amide bonds. The number of hydrogen-bond donors (Lipinski definition) is 1. The van der Waals surface area contributed by atoms with Crippen molar-refractivity contribution in [1.82, 2.24) is 24.6 Å². The van der Waals surface area contributed by atoms with Gasteiger partial charge >= 0.3 is 6.18 Å². The van der Waals surface area contributed by atoms with E-state index in [0.29, 0.717) is 0 Å². The summed E-state index contributed by atoms with van der Waals surface area (Å²) in [6, 6.07) is 2.99. The van der Waals surface area contributed by atoms with Crippen LogP contribution in [0.25, 0.3) is 5.52 Å². The number of rotatable bonds is 3. The smallest absolute Gasteiger partial charge is 0.367 e. The summed E-state index contributed by atoms with van der Waals surface area (Å²) in [7, 11) is 0. The topological polar surface area (TPSA) is 71.2 Å². The van der Waals surface area contributed by atoms with Crippen molar-refractivity contribution < 1.29 is 13.2 Å². The van der Waals surface area contributed by atoms with Gasteiger partial charge in [0, 0.05) is 37.6 Å². The Balaban J connectivity index is 1.43. The second kappa shape index (κ2) is 6.67. The number of piperidine rings is 1. The first-order chi connectivity index (χ1) is 12.9. The normalized spacial score (nSPS) is 16.1. The van der Waals surface area contributed by atoms with Gasteiger partial charge in [0.05, 0.1) is 5.69 Å². The van der Waals surface area contributed by atoms with Crippen LogP contribution in [0, 0.1) is 6.92 Å². The van der Waals surface area contributed by atoms with Crippen LogP contribution < -0.4 is 10.2 Å². The summed E-state index contributed by atoms with van der Waals surface area (Å²) < 4.78 is 40.1. The van der Waals surface area contributed by atoms with Gasteiger partial charge in [-0.25, -0.2) is 19.5 Å². The highest BCUT2D eigenvalue weighted by atomic mass is 19.4. The largest absolute Gasteiger partial charge is 0.433 e. The Labute approximate surface area is 153 Å². The fraction of sp³-hybridized carbons (Fsp3) is 0.412. The van der Waals surface area contributed by atoms with Crippen LogP contribution in [0.2, 0.25) is 0 Å². The molecule has 142 valence electrons. The van der Waals surface area contributed by atoms with Crippen molar-refractivity contribution >= 4 is 17.2 Å². The van der Waals surface area contributed by atoms with Gasteiger partial charge < -0.3 is 10.2 Å². The molecule has 3 aromatic rings. The molecule has 4 rings (SSSR count). The summed E-state index contributed by atoms with van der Waals surface area (Å²) >= 11 is 0. The van der Waals surface area contributed by atoms with E-state index in [1.165, 1.54) is 0 Å². The van der Waals surface area contributed by atoms with E-state index >= 15 is 0 Å². The van der Waals surface area contributed by atoms with E-state index in [-0.39, 0.29) is 11.9 Å². The fourth-order valence-electron chi connectivity index (χ4n) is 3.31. The molecule has 1 fully saturated rings. The minimum atomic E-state index is -4.48. The number of aromatic nitrogens is 5. The third-order valence-electron chi connectivity index (χ3n) is 4.60. The summed E-state index contributed by atoms with van der Waals surface area (Å²) in [6.07, 6.45) is 1.53. The van der Waals surface area contributed by atoms with Crippen LogP contribution >= 0.6 is 0 Å². The van der Waals surface area contributed by atoms with Crippen LogP contribution in [0.3, 0.4) is 0 Å². The highest BCUT2D eigenvalue weighted by Crippen LogP contribution is 2.29. The second-order valence-electron chi connectivity index (χ2n) is 6.56. The summed E-state index contributed by atoms with van der Waals surface area (Å²) in [5, 5.41) is 7.49. The van der Waals surface area contributed by atoms with Gasteiger partial charge in [0.2, 0.25) is 0 Å². The Morgan fingerprint density at radius 1 is 1.11 bits per heavy atom. The zero-order valence-corrected chi connectivity index (χ0v) is 14.6. The molecule has 0 radical (unpaired) electrons.